The molecule has 2 aromatic carbocycles. The van der Waals surface area contributed by atoms with E-state index < -0.39 is 22.0 Å². The number of aromatic nitrogens is 2. The molecule has 31 heavy (non-hydrogen) atoms. The number of amides is 1. The summed E-state index contributed by atoms with van der Waals surface area (Å²) >= 11 is 6.54. The quantitative estimate of drug-likeness (QED) is 0.449. The summed E-state index contributed by atoms with van der Waals surface area (Å²) in [6.45, 7) is 1.72. The number of nitrogens with zero attached hydrogens (tertiary/aromatic N) is 2. The molecule has 0 saturated carbocycles. The van der Waals surface area contributed by atoms with Gasteiger partial charge in [-0.05, 0) is 43.3 Å². The van der Waals surface area contributed by atoms with Crippen molar-refractivity contribution in [3.63, 3.8) is 0 Å². The molecule has 0 fully saturated rings. The molecule has 9 nitrogen and oxygen atoms in total. The molecule has 0 saturated heterocycles. The highest BCUT2D eigenvalue weighted by molar-refractivity contribution is 7.91. The fraction of sp³-hybridized carbons (Fsp3) is 0.211. The van der Waals surface area contributed by atoms with Crippen molar-refractivity contribution < 1.29 is 22.7 Å². The Morgan fingerprint density at radius 2 is 1.81 bits per heavy atom. The first-order valence-electron chi connectivity index (χ1n) is 8.97. The molecule has 1 aromatic heterocycles. The zero-order chi connectivity index (χ0) is 22.4. The third kappa shape index (κ3) is 6.14. The summed E-state index contributed by atoms with van der Waals surface area (Å²) in [6.07, 6.45) is 0. The number of para-hydroxylation sites is 2. The highest BCUT2D eigenvalue weighted by atomic mass is 35.5. The van der Waals surface area contributed by atoms with Gasteiger partial charge in [-0.25, -0.2) is 13.1 Å². The Morgan fingerprint density at radius 1 is 1.13 bits per heavy atom. The predicted octanol–water partition coefficient (Wildman–Crippen LogP) is 3.20. The number of carbonyl (C=O) groups excluding carboxylic acids is 1. The lowest BCUT2D eigenvalue weighted by atomic mass is 10.2. The molecule has 12 heteroatoms. The van der Waals surface area contributed by atoms with Crippen molar-refractivity contribution in [2.24, 2.45) is 0 Å². The van der Waals surface area contributed by atoms with Crippen molar-refractivity contribution in [3.8, 4) is 11.5 Å². The highest BCUT2D eigenvalue weighted by Gasteiger charge is 2.23. The minimum Gasteiger partial charge on any atom is -0.493 e. The molecule has 3 aromatic rings. The van der Waals surface area contributed by atoms with Crippen LogP contribution in [0.4, 0.5) is 5.13 Å². The summed E-state index contributed by atoms with van der Waals surface area (Å²) in [7, 11) is -2.43. The van der Waals surface area contributed by atoms with Crippen LogP contribution in [-0.2, 0) is 10.0 Å². The molecule has 0 spiro atoms. The normalized spacial score (nSPS) is 12.2. The van der Waals surface area contributed by atoms with Gasteiger partial charge in [0.15, 0.2) is 11.5 Å². The average molecular weight is 483 g/mol. The van der Waals surface area contributed by atoms with Gasteiger partial charge in [-0.3, -0.25) is 10.1 Å². The fourth-order valence-corrected chi connectivity index (χ4v) is 4.71. The van der Waals surface area contributed by atoms with Gasteiger partial charge in [0.25, 0.3) is 15.9 Å². The Hall–Kier alpha value is -2.73. The van der Waals surface area contributed by atoms with Gasteiger partial charge in [0, 0.05) is 10.6 Å². The maximum atomic E-state index is 12.6. The van der Waals surface area contributed by atoms with Crippen LogP contribution in [-0.4, -0.2) is 44.3 Å². The lowest BCUT2D eigenvalue weighted by Gasteiger charge is -2.15. The Kier molecular flexibility index (Phi) is 7.44. The number of anilines is 1. The number of benzene rings is 2. The van der Waals surface area contributed by atoms with E-state index in [1.807, 2.05) is 0 Å². The van der Waals surface area contributed by atoms with Gasteiger partial charge in [0.05, 0.1) is 13.2 Å². The van der Waals surface area contributed by atoms with Crippen molar-refractivity contribution >= 4 is 44.0 Å². The molecule has 1 amide bonds. The third-order valence-corrected chi connectivity index (χ3v) is 6.93. The summed E-state index contributed by atoms with van der Waals surface area (Å²) in [6, 6.07) is 12.7. The first-order valence-corrected chi connectivity index (χ1v) is 11.6. The van der Waals surface area contributed by atoms with E-state index in [1.165, 1.54) is 7.11 Å². The summed E-state index contributed by atoms with van der Waals surface area (Å²) in [4.78, 5) is 12.2. The number of ether oxygens (including phenoxy) is 2. The van der Waals surface area contributed by atoms with Crippen molar-refractivity contribution in [2.75, 3.05) is 19.0 Å². The fourth-order valence-electron chi connectivity index (χ4n) is 2.44. The van der Waals surface area contributed by atoms with Gasteiger partial charge in [0.1, 0.15) is 6.61 Å². The topological polar surface area (TPSA) is 120 Å². The standard InChI is InChI=1S/C19H19ClN4O5S2/c1-12(11-29-16-6-4-3-5-15(16)28-2)24-31(26,27)19-23-22-18(30-19)21-17(25)13-7-9-14(20)10-8-13/h3-10,12,24H,11H2,1-2H3,(H,21,22,25)/t12-/m0/s1. The second-order valence-electron chi connectivity index (χ2n) is 6.32. The summed E-state index contributed by atoms with van der Waals surface area (Å²) in [5.41, 5.74) is 0.351. The van der Waals surface area contributed by atoms with Crippen LogP contribution in [0.25, 0.3) is 0 Å². The molecule has 3 rings (SSSR count). The molecule has 0 radical (unpaired) electrons. The minimum absolute atomic E-state index is 0.0539. The van der Waals surface area contributed by atoms with Crippen LogP contribution < -0.4 is 19.5 Å². The van der Waals surface area contributed by atoms with E-state index >= 15 is 0 Å². The number of methoxy groups -OCH3 is 1. The molecule has 1 heterocycles. The summed E-state index contributed by atoms with van der Waals surface area (Å²) in [5, 5.41) is 10.5. The smallest absolute Gasteiger partial charge is 0.270 e. The van der Waals surface area contributed by atoms with Crippen molar-refractivity contribution in [2.45, 2.75) is 17.3 Å². The van der Waals surface area contributed by atoms with Crippen LogP contribution >= 0.6 is 22.9 Å². The van der Waals surface area contributed by atoms with Gasteiger partial charge in [-0.2, -0.15) is 0 Å². The Bertz CT molecular complexity index is 1150. The monoisotopic (exact) mass is 482 g/mol. The van der Waals surface area contributed by atoms with E-state index in [1.54, 1.807) is 55.5 Å². The summed E-state index contributed by atoms with van der Waals surface area (Å²) < 4.78 is 38.2. The average Bonchev–Trinajstić information content (AvgIpc) is 3.22. The Morgan fingerprint density at radius 3 is 2.48 bits per heavy atom. The molecule has 2 N–H and O–H groups in total. The van der Waals surface area contributed by atoms with E-state index in [4.69, 9.17) is 21.1 Å². The van der Waals surface area contributed by atoms with Crippen LogP contribution in [0.3, 0.4) is 0 Å². The van der Waals surface area contributed by atoms with E-state index in [9.17, 15) is 13.2 Å². The largest absolute Gasteiger partial charge is 0.493 e. The van der Waals surface area contributed by atoms with Gasteiger partial charge in [-0.15, -0.1) is 10.2 Å². The van der Waals surface area contributed by atoms with E-state index in [-0.39, 0.29) is 16.1 Å². The maximum absolute atomic E-state index is 12.6. The van der Waals surface area contributed by atoms with E-state index in [2.05, 4.69) is 20.2 Å². The van der Waals surface area contributed by atoms with Crippen LogP contribution in [0.2, 0.25) is 5.02 Å². The third-order valence-electron chi connectivity index (χ3n) is 3.88. The second kappa shape index (κ2) is 10.1. The van der Waals surface area contributed by atoms with Crippen molar-refractivity contribution in [1.82, 2.24) is 14.9 Å². The molecule has 1 atom stereocenters. The van der Waals surface area contributed by atoms with Crippen LogP contribution in [0.15, 0.2) is 52.9 Å². The van der Waals surface area contributed by atoms with Crippen LogP contribution in [0.5, 0.6) is 11.5 Å². The number of nitrogens with one attached hydrogen (secondary N) is 2. The number of hydrogen-bond acceptors (Lipinski definition) is 8. The number of sulfonamides is 1. The first kappa shape index (κ1) is 22.9. The molecule has 0 aliphatic heterocycles. The number of hydrogen-bond donors (Lipinski definition) is 2. The van der Waals surface area contributed by atoms with Gasteiger partial charge >= 0.3 is 0 Å². The molecular weight excluding hydrogens is 464 g/mol. The van der Waals surface area contributed by atoms with Crippen molar-refractivity contribution in [3.05, 3.63) is 59.1 Å². The number of halogens is 1. The lowest BCUT2D eigenvalue weighted by Crippen LogP contribution is -2.36. The minimum atomic E-state index is -3.95. The number of carbonyl (C=O) groups is 1. The Labute approximate surface area is 188 Å². The van der Waals surface area contributed by atoms with Gasteiger partial charge in [-0.1, -0.05) is 35.1 Å². The first-order chi connectivity index (χ1) is 14.8. The Balaban J connectivity index is 1.59. The molecule has 0 aliphatic carbocycles. The molecule has 0 bridgehead atoms. The lowest BCUT2D eigenvalue weighted by molar-refractivity contribution is 0.102. The van der Waals surface area contributed by atoms with Gasteiger partial charge in [0.2, 0.25) is 9.47 Å². The van der Waals surface area contributed by atoms with Crippen LogP contribution in [0, 0.1) is 0 Å². The number of rotatable bonds is 9. The zero-order valence-corrected chi connectivity index (χ0v) is 18.9. The second-order valence-corrected chi connectivity index (χ2v) is 9.62. The van der Waals surface area contributed by atoms with Gasteiger partial charge < -0.3 is 9.47 Å². The maximum Gasteiger partial charge on any atom is 0.270 e. The molecule has 0 unspecified atom stereocenters. The zero-order valence-electron chi connectivity index (χ0n) is 16.5. The van der Waals surface area contributed by atoms with Crippen LogP contribution in [0.1, 0.15) is 17.3 Å². The van der Waals surface area contributed by atoms with Crippen molar-refractivity contribution in [1.29, 1.82) is 0 Å². The highest BCUT2D eigenvalue weighted by Crippen LogP contribution is 2.26. The molecule has 164 valence electrons. The molecule has 0 aliphatic rings. The molecular formula is C19H19ClN4O5S2. The summed E-state index contributed by atoms with van der Waals surface area (Å²) in [5.74, 6) is 0.588. The predicted molar refractivity (Wildman–Crippen MR) is 118 cm³/mol. The van der Waals surface area contributed by atoms with E-state index in [0.717, 1.165) is 11.3 Å². The van der Waals surface area contributed by atoms with E-state index in [0.29, 0.717) is 22.1 Å². The SMILES string of the molecule is COc1ccccc1OC[C@H](C)NS(=O)(=O)c1nnc(NC(=O)c2ccc(Cl)cc2)s1.